The number of hydrogen-bond donors (Lipinski definition) is 1. The maximum absolute atomic E-state index is 11.5. The van der Waals surface area contributed by atoms with Crippen LogP contribution < -0.4 is 9.80 Å². The molecule has 0 amide bonds. The highest BCUT2D eigenvalue weighted by atomic mass is 16.6. The van der Waals surface area contributed by atoms with E-state index in [2.05, 4.69) is 9.88 Å². The zero-order chi connectivity index (χ0) is 18.8. The Balaban J connectivity index is 1.79. The summed E-state index contributed by atoms with van der Waals surface area (Å²) < 4.78 is 0. The number of piperazine rings is 1. The molecule has 136 valence electrons. The molecule has 3 rings (SSSR count). The number of aromatic carboxylic acids is 1. The highest BCUT2D eigenvalue weighted by Crippen LogP contribution is 2.27. The monoisotopic (exact) mass is 356 g/mol. The van der Waals surface area contributed by atoms with Crippen LogP contribution in [0.1, 0.15) is 21.6 Å². The molecule has 0 unspecified atom stereocenters. The number of benzene rings is 1. The normalized spacial score (nSPS) is 14.4. The summed E-state index contributed by atoms with van der Waals surface area (Å²) in [4.78, 5) is 30.5. The number of nitro benzene ring substituents is 1. The van der Waals surface area contributed by atoms with E-state index in [0.717, 1.165) is 23.1 Å². The van der Waals surface area contributed by atoms with Crippen molar-refractivity contribution in [3.8, 4) is 0 Å². The van der Waals surface area contributed by atoms with Gasteiger partial charge in [-0.05, 0) is 37.6 Å². The minimum absolute atomic E-state index is 0.0443. The molecule has 1 aromatic carbocycles. The van der Waals surface area contributed by atoms with Crippen LogP contribution in [0.3, 0.4) is 0 Å². The zero-order valence-corrected chi connectivity index (χ0v) is 14.7. The zero-order valence-electron chi connectivity index (χ0n) is 14.7. The van der Waals surface area contributed by atoms with E-state index < -0.39 is 10.9 Å². The summed E-state index contributed by atoms with van der Waals surface area (Å²) in [5, 5.41) is 20.3. The SMILES string of the molecule is Cc1cc(C)nc(N2CCN(c3ccc([N+](=O)[O-])cc3C(=O)O)CC2)c1. The first-order chi connectivity index (χ1) is 12.3. The Morgan fingerprint density at radius 3 is 2.35 bits per heavy atom. The van der Waals surface area contributed by atoms with Gasteiger partial charge in [0.1, 0.15) is 5.82 Å². The molecule has 2 aromatic rings. The van der Waals surface area contributed by atoms with Gasteiger partial charge in [-0.15, -0.1) is 0 Å². The molecule has 0 radical (unpaired) electrons. The first kappa shape index (κ1) is 17.7. The third-order valence-electron chi connectivity index (χ3n) is 4.45. The average molecular weight is 356 g/mol. The Bertz CT molecular complexity index is 840. The molecule has 1 aliphatic heterocycles. The molecule has 8 heteroatoms. The van der Waals surface area contributed by atoms with E-state index in [1.54, 1.807) is 0 Å². The van der Waals surface area contributed by atoms with E-state index in [4.69, 9.17) is 0 Å². The van der Waals surface area contributed by atoms with Crippen LogP contribution in [0, 0.1) is 24.0 Å². The van der Waals surface area contributed by atoms with Gasteiger partial charge >= 0.3 is 5.97 Å². The lowest BCUT2D eigenvalue weighted by Crippen LogP contribution is -2.47. The van der Waals surface area contributed by atoms with Gasteiger partial charge in [0.15, 0.2) is 0 Å². The summed E-state index contributed by atoms with van der Waals surface area (Å²) in [6, 6.07) is 8.05. The summed E-state index contributed by atoms with van der Waals surface area (Å²) in [5.41, 5.74) is 2.36. The number of carboxylic acid groups (broad SMARTS) is 1. The molecule has 1 aliphatic rings. The first-order valence-electron chi connectivity index (χ1n) is 8.32. The summed E-state index contributed by atoms with van der Waals surface area (Å²) in [6.07, 6.45) is 0. The Labute approximate surface area is 150 Å². The molecule has 0 bridgehead atoms. The average Bonchev–Trinajstić information content (AvgIpc) is 2.60. The maximum atomic E-state index is 11.5. The summed E-state index contributed by atoms with van der Waals surface area (Å²) >= 11 is 0. The Morgan fingerprint density at radius 1 is 1.12 bits per heavy atom. The Hall–Kier alpha value is -3.16. The van der Waals surface area contributed by atoms with Gasteiger partial charge in [-0.1, -0.05) is 0 Å². The number of hydrogen-bond acceptors (Lipinski definition) is 6. The third-order valence-corrected chi connectivity index (χ3v) is 4.45. The van der Waals surface area contributed by atoms with Gasteiger partial charge in [-0.25, -0.2) is 9.78 Å². The molecule has 1 fully saturated rings. The molecule has 1 aromatic heterocycles. The van der Waals surface area contributed by atoms with Crippen LogP contribution in [0.2, 0.25) is 0 Å². The number of carbonyl (C=O) groups is 1. The fourth-order valence-corrected chi connectivity index (χ4v) is 3.24. The Morgan fingerprint density at radius 2 is 1.77 bits per heavy atom. The van der Waals surface area contributed by atoms with E-state index in [9.17, 15) is 20.0 Å². The number of non-ortho nitro benzene ring substituents is 1. The highest BCUT2D eigenvalue weighted by Gasteiger charge is 2.24. The predicted octanol–water partition coefficient (Wildman–Crippen LogP) is 2.63. The number of nitro groups is 1. The number of anilines is 2. The largest absolute Gasteiger partial charge is 0.478 e. The molecule has 0 atom stereocenters. The van der Waals surface area contributed by atoms with Crippen LogP contribution in [0.25, 0.3) is 0 Å². The number of carboxylic acids is 1. The first-order valence-corrected chi connectivity index (χ1v) is 8.32. The smallest absolute Gasteiger partial charge is 0.338 e. The predicted molar refractivity (Wildman–Crippen MR) is 98.2 cm³/mol. The molecule has 0 saturated carbocycles. The standard InChI is InChI=1S/C18H20N4O4/c1-12-9-13(2)19-17(10-12)21-7-5-20(6-8-21)16-4-3-14(22(25)26)11-15(16)18(23)24/h3-4,9-11H,5-8H2,1-2H3,(H,23,24). The van der Waals surface area contributed by atoms with Crippen molar-refractivity contribution in [1.29, 1.82) is 0 Å². The van der Waals surface area contributed by atoms with Crippen molar-refractivity contribution in [2.75, 3.05) is 36.0 Å². The molecule has 0 aliphatic carbocycles. The summed E-state index contributed by atoms with van der Waals surface area (Å²) in [6.45, 7) is 6.63. The minimum atomic E-state index is -1.16. The van der Waals surface area contributed by atoms with E-state index in [1.807, 2.05) is 30.9 Å². The molecule has 2 heterocycles. The van der Waals surface area contributed by atoms with Gasteiger partial charge in [0, 0.05) is 44.0 Å². The van der Waals surface area contributed by atoms with Crippen molar-refractivity contribution in [2.24, 2.45) is 0 Å². The number of nitrogens with zero attached hydrogens (tertiary/aromatic N) is 4. The molecule has 8 nitrogen and oxygen atoms in total. The van der Waals surface area contributed by atoms with Gasteiger partial charge in [0.05, 0.1) is 16.2 Å². The number of aromatic nitrogens is 1. The fraction of sp³-hybridized carbons (Fsp3) is 0.333. The molecule has 1 N–H and O–H groups in total. The van der Waals surface area contributed by atoms with Gasteiger partial charge in [0.25, 0.3) is 5.69 Å². The molecule has 26 heavy (non-hydrogen) atoms. The van der Waals surface area contributed by atoms with Crippen LogP contribution in [0.5, 0.6) is 0 Å². The minimum Gasteiger partial charge on any atom is -0.478 e. The van der Waals surface area contributed by atoms with Gasteiger partial charge in [0.2, 0.25) is 0 Å². The molecule has 0 spiro atoms. The van der Waals surface area contributed by atoms with Crippen LogP contribution in [-0.4, -0.2) is 47.2 Å². The van der Waals surface area contributed by atoms with E-state index >= 15 is 0 Å². The van der Waals surface area contributed by atoms with Crippen molar-refractivity contribution < 1.29 is 14.8 Å². The number of aryl methyl sites for hydroxylation is 2. The second kappa shape index (κ2) is 6.99. The Kier molecular flexibility index (Phi) is 4.75. The topological polar surface area (TPSA) is 99.8 Å². The lowest BCUT2D eigenvalue weighted by Gasteiger charge is -2.37. The van der Waals surface area contributed by atoms with Gasteiger partial charge < -0.3 is 14.9 Å². The molecule has 1 saturated heterocycles. The second-order valence-corrected chi connectivity index (χ2v) is 6.38. The second-order valence-electron chi connectivity index (χ2n) is 6.38. The van der Waals surface area contributed by atoms with E-state index in [1.165, 1.54) is 12.1 Å². The van der Waals surface area contributed by atoms with Crippen LogP contribution in [0.15, 0.2) is 30.3 Å². The fourth-order valence-electron chi connectivity index (χ4n) is 3.24. The lowest BCUT2D eigenvalue weighted by molar-refractivity contribution is -0.384. The summed E-state index contributed by atoms with van der Waals surface area (Å²) in [5.74, 6) is -0.244. The maximum Gasteiger partial charge on any atom is 0.338 e. The van der Waals surface area contributed by atoms with Crippen molar-refractivity contribution >= 4 is 23.2 Å². The number of pyridine rings is 1. The number of rotatable bonds is 4. The van der Waals surface area contributed by atoms with Crippen molar-refractivity contribution in [3.05, 3.63) is 57.3 Å². The third kappa shape index (κ3) is 3.58. The van der Waals surface area contributed by atoms with Gasteiger partial charge in [-0.2, -0.15) is 0 Å². The van der Waals surface area contributed by atoms with Crippen molar-refractivity contribution in [1.82, 2.24) is 4.98 Å². The molecular formula is C18H20N4O4. The van der Waals surface area contributed by atoms with E-state index in [0.29, 0.717) is 31.9 Å². The van der Waals surface area contributed by atoms with Gasteiger partial charge in [-0.3, -0.25) is 10.1 Å². The highest BCUT2D eigenvalue weighted by molar-refractivity contribution is 5.95. The molecular weight excluding hydrogens is 336 g/mol. The van der Waals surface area contributed by atoms with Crippen molar-refractivity contribution in [3.63, 3.8) is 0 Å². The van der Waals surface area contributed by atoms with Crippen LogP contribution in [0.4, 0.5) is 17.2 Å². The summed E-state index contributed by atoms with van der Waals surface area (Å²) in [7, 11) is 0. The quantitative estimate of drug-likeness (QED) is 0.664. The van der Waals surface area contributed by atoms with Crippen LogP contribution in [-0.2, 0) is 0 Å². The van der Waals surface area contributed by atoms with Crippen LogP contribution >= 0.6 is 0 Å². The van der Waals surface area contributed by atoms with Crippen molar-refractivity contribution in [2.45, 2.75) is 13.8 Å². The lowest BCUT2D eigenvalue weighted by atomic mass is 10.1. The van der Waals surface area contributed by atoms with E-state index in [-0.39, 0.29) is 11.3 Å².